The van der Waals surface area contributed by atoms with Crippen LogP contribution in [0.2, 0.25) is 0 Å². The number of thiocarbonyl (C=S) groups is 1. The molecule has 0 radical (unpaired) electrons. The molecular formula is C8H15NS. The van der Waals surface area contributed by atoms with Crippen LogP contribution in [0.4, 0.5) is 0 Å². The molecule has 0 aliphatic carbocycles. The van der Waals surface area contributed by atoms with Crippen molar-refractivity contribution < 1.29 is 0 Å². The topological polar surface area (TPSA) is 3.24 Å². The Balaban J connectivity index is 3.79. The molecule has 0 unspecified atom stereocenters. The van der Waals surface area contributed by atoms with Crippen LogP contribution < -0.4 is 0 Å². The van der Waals surface area contributed by atoms with Gasteiger partial charge in [0.15, 0.2) is 0 Å². The van der Waals surface area contributed by atoms with Crippen LogP contribution in [0.3, 0.4) is 0 Å². The highest BCUT2D eigenvalue weighted by atomic mass is 32.1. The van der Waals surface area contributed by atoms with E-state index in [0.29, 0.717) is 5.92 Å². The normalized spacial score (nSPS) is 10.9. The molecule has 0 atom stereocenters. The summed E-state index contributed by atoms with van der Waals surface area (Å²) < 4.78 is 0. The van der Waals surface area contributed by atoms with Crippen LogP contribution in [-0.4, -0.2) is 24.0 Å². The molecule has 0 fully saturated rings. The average Bonchev–Trinajstić information content (AvgIpc) is 1.82. The summed E-state index contributed by atoms with van der Waals surface area (Å²) in [7, 11) is 3.90. The second kappa shape index (κ2) is 4.45. The van der Waals surface area contributed by atoms with E-state index in [1.165, 1.54) is 0 Å². The van der Waals surface area contributed by atoms with Crippen LogP contribution in [0.5, 0.6) is 0 Å². The maximum Gasteiger partial charge on any atom is 0.101 e. The van der Waals surface area contributed by atoms with Gasteiger partial charge in [-0.05, 0) is 12.0 Å². The van der Waals surface area contributed by atoms with Crippen molar-refractivity contribution in [1.82, 2.24) is 4.90 Å². The minimum absolute atomic E-state index is 0.581. The third kappa shape index (κ3) is 4.50. The zero-order valence-corrected chi connectivity index (χ0v) is 7.90. The van der Waals surface area contributed by atoms with E-state index in [1.807, 2.05) is 25.1 Å². The third-order valence-electron chi connectivity index (χ3n) is 1.06. The van der Waals surface area contributed by atoms with Gasteiger partial charge in [-0.25, -0.2) is 0 Å². The lowest BCUT2D eigenvalue weighted by Crippen LogP contribution is -2.16. The molecule has 0 amide bonds. The average molecular weight is 157 g/mol. The number of hydrogen-bond acceptors (Lipinski definition) is 1. The van der Waals surface area contributed by atoms with Crippen LogP contribution in [0.15, 0.2) is 12.2 Å². The monoisotopic (exact) mass is 157 g/mol. The summed E-state index contributed by atoms with van der Waals surface area (Å²) >= 11 is 5.04. The third-order valence-corrected chi connectivity index (χ3v) is 1.57. The Hall–Kier alpha value is -0.370. The van der Waals surface area contributed by atoms with Crippen molar-refractivity contribution in [3.8, 4) is 0 Å². The van der Waals surface area contributed by atoms with Crippen LogP contribution in [-0.2, 0) is 0 Å². The fourth-order valence-corrected chi connectivity index (χ4v) is 0.502. The molecule has 0 aromatic heterocycles. The molecule has 58 valence electrons. The smallest absolute Gasteiger partial charge is 0.101 e. The number of hydrogen-bond donors (Lipinski definition) is 0. The van der Waals surface area contributed by atoms with Crippen molar-refractivity contribution >= 4 is 17.2 Å². The number of rotatable bonds is 2. The molecule has 10 heavy (non-hydrogen) atoms. The molecule has 0 aliphatic rings. The summed E-state index contributed by atoms with van der Waals surface area (Å²) in [6.07, 6.45) is 4.07. The fourth-order valence-electron chi connectivity index (χ4n) is 0.424. The van der Waals surface area contributed by atoms with Gasteiger partial charge in [0.1, 0.15) is 4.99 Å². The maximum atomic E-state index is 5.04. The lowest BCUT2D eigenvalue weighted by molar-refractivity contribution is 0.638. The fraction of sp³-hybridized carbons (Fsp3) is 0.625. The first-order valence-corrected chi connectivity index (χ1v) is 3.84. The van der Waals surface area contributed by atoms with E-state index in [1.54, 1.807) is 0 Å². The van der Waals surface area contributed by atoms with Crippen LogP contribution in [0.25, 0.3) is 0 Å². The highest BCUT2D eigenvalue weighted by Crippen LogP contribution is 1.95. The Kier molecular flexibility index (Phi) is 4.28. The van der Waals surface area contributed by atoms with Crippen LogP contribution in [0, 0.1) is 5.92 Å². The van der Waals surface area contributed by atoms with Crippen molar-refractivity contribution in [1.29, 1.82) is 0 Å². The van der Waals surface area contributed by atoms with E-state index >= 15 is 0 Å². The van der Waals surface area contributed by atoms with Gasteiger partial charge in [-0.1, -0.05) is 32.1 Å². The first kappa shape index (κ1) is 9.63. The van der Waals surface area contributed by atoms with Crippen molar-refractivity contribution in [2.24, 2.45) is 5.92 Å². The second-order valence-corrected chi connectivity index (χ2v) is 3.25. The van der Waals surface area contributed by atoms with Gasteiger partial charge >= 0.3 is 0 Å². The zero-order valence-electron chi connectivity index (χ0n) is 7.09. The predicted molar refractivity (Wildman–Crippen MR) is 50.3 cm³/mol. The quantitative estimate of drug-likeness (QED) is 0.446. The minimum Gasteiger partial charge on any atom is -0.369 e. The van der Waals surface area contributed by atoms with Crippen LogP contribution >= 0.6 is 12.2 Å². The lowest BCUT2D eigenvalue weighted by atomic mass is 10.2. The number of likely N-dealkylation sites (N-methyl/N-ethyl adjacent to an activating group) is 1. The summed E-state index contributed by atoms with van der Waals surface area (Å²) in [6.45, 7) is 4.27. The highest BCUT2D eigenvalue weighted by molar-refractivity contribution is 7.80. The van der Waals surface area contributed by atoms with Crippen molar-refractivity contribution in [3.63, 3.8) is 0 Å². The molecule has 0 saturated heterocycles. The second-order valence-electron chi connectivity index (χ2n) is 2.84. The van der Waals surface area contributed by atoms with Gasteiger partial charge in [0.2, 0.25) is 0 Å². The van der Waals surface area contributed by atoms with Gasteiger partial charge in [-0.3, -0.25) is 0 Å². The molecule has 0 saturated carbocycles. The number of allylic oxidation sites excluding steroid dienone is 1. The van der Waals surface area contributed by atoms with Gasteiger partial charge in [0, 0.05) is 14.1 Å². The summed E-state index contributed by atoms with van der Waals surface area (Å²) in [5.41, 5.74) is 0. The zero-order chi connectivity index (χ0) is 8.15. The molecule has 0 bridgehead atoms. The van der Waals surface area contributed by atoms with E-state index in [9.17, 15) is 0 Å². The summed E-state index contributed by atoms with van der Waals surface area (Å²) in [5, 5.41) is 0. The Morgan fingerprint density at radius 1 is 1.40 bits per heavy atom. The molecular weight excluding hydrogens is 142 g/mol. The number of nitrogens with zero attached hydrogens (tertiary/aromatic N) is 1. The van der Waals surface area contributed by atoms with E-state index in [4.69, 9.17) is 12.2 Å². The first-order valence-electron chi connectivity index (χ1n) is 3.43. The molecule has 0 heterocycles. The Labute approximate surface area is 68.7 Å². The molecule has 0 aliphatic heterocycles. The predicted octanol–water partition coefficient (Wildman–Crippen LogP) is 2.09. The minimum atomic E-state index is 0.581. The van der Waals surface area contributed by atoms with Gasteiger partial charge < -0.3 is 4.90 Å². The van der Waals surface area contributed by atoms with E-state index in [0.717, 1.165) is 4.99 Å². The van der Waals surface area contributed by atoms with Gasteiger partial charge in [-0.15, -0.1) is 0 Å². The largest absolute Gasteiger partial charge is 0.369 e. The Bertz CT molecular complexity index is 136. The van der Waals surface area contributed by atoms with E-state index in [-0.39, 0.29) is 0 Å². The molecule has 0 rings (SSSR count). The summed E-state index contributed by atoms with van der Waals surface area (Å²) in [4.78, 5) is 2.81. The highest BCUT2D eigenvalue weighted by Gasteiger charge is 1.91. The van der Waals surface area contributed by atoms with E-state index < -0.39 is 0 Å². The van der Waals surface area contributed by atoms with Gasteiger partial charge in [0.25, 0.3) is 0 Å². The standard InChI is InChI=1S/C8H15NS/c1-7(2)5-6-8(10)9(3)4/h5-7H,1-4H3/b6-5+. The van der Waals surface area contributed by atoms with Gasteiger partial charge in [0.05, 0.1) is 0 Å². The first-order chi connectivity index (χ1) is 4.54. The van der Waals surface area contributed by atoms with E-state index in [2.05, 4.69) is 19.9 Å². The van der Waals surface area contributed by atoms with Crippen molar-refractivity contribution in [2.75, 3.05) is 14.1 Å². The van der Waals surface area contributed by atoms with Crippen LogP contribution in [0.1, 0.15) is 13.8 Å². The Morgan fingerprint density at radius 3 is 2.20 bits per heavy atom. The van der Waals surface area contributed by atoms with Gasteiger partial charge in [-0.2, -0.15) is 0 Å². The molecule has 0 aromatic carbocycles. The molecule has 2 heteroatoms. The summed E-state index contributed by atoms with van der Waals surface area (Å²) in [6, 6.07) is 0. The SMILES string of the molecule is CC(C)/C=C/C(=S)N(C)C. The molecule has 0 spiro atoms. The molecule has 0 N–H and O–H groups in total. The van der Waals surface area contributed by atoms with Crippen molar-refractivity contribution in [2.45, 2.75) is 13.8 Å². The van der Waals surface area contributed by atoms with Crippen molar-refractivity contribution in [3.05, 3.63) is 12.2 Å². The lowest BCUT2D eigenvalue weighted by Gasteiger charge is -2.09. The molecule has 1 nitrogen and oxygen atoms in total. The molecule has 0 aromatic rings. The maximum absolute atomic E-state index is 5.04. The Morgan fingerprint density at radius 2 is 1.90 bits per heavy atom. The summed E-state index contributed by atoms with van der Waals surface area (Å²) in [5.74, 6) is 0.581.